The second-order valence-electron chi connectivity index (χ2n) is 6.08. The number of aromatic nitrogens is 3. The van der Waals surface area contributed by atoms with Gasteiger partial charge in [0.15, 0.2) is 0 Å². The van der Waals surface area contributed by atoms with Crippen LogP contribution in [-0.4, -0.2) is 34.1 Å². The topological polar surface area (TPSA) is 53.9 Å². The zero-order valence-electron chi connectivity index (χ0n) is 12.7. The summed E-state index contributed by atoms with van der Waals surface area (Å²) in [6.45, 7) is 3.08. The van der Waals surface area contributed by atoms with E-state index in [-0.39, 0.29) is 0 Å². The second kappa shape index (κ2) is 6.30. The fourth-order valence-corrected chi connectivity index (χ4v) is 3.88. The number of nitrogens with zero attached hydrogens (tertiary/aromatic N) is 4. The lowest BCUT2D eigenvalue weighted by molar-refractivity contribution is 0.451. The van der Waals surface area contributed by atoms with E-state index in [9.17, 15) is 0 Å². The molecule has 116 valence electrons. The van der Waals surface area contributed by atoms with Gasteiger partial charge < -0.3 is 10.2 Å². The van der Waals surface area contributed by atoms with Crippen molar-refractivity contribution in [2.45, 2.75) is 44.7 Å². The number of thiazole rings is 1. The van der Waals surface area contributed by atoms with E-state index < -0.39 is 0 Å². The predicted octanol–water partition coefficient (Wildman–Crippen LogP) is 2.18. The summed E-state index contributed by atoms with van der Waals surface area (Å²) in [5.41, 5.74) is 2.56. The number of rotatable bonds is 4. The van der Waals surface area contributed by atoms with Crippen LogP contribution in [0.25, 0.3) is 0 Å². The number of fused-ring (bicyclic) bond motifs is 1. The van der Waals surface area contributed by atoms with Crippen molar-refractivity contribution in [3.63, 3.8) is 0 Å². The first-order chi connectivity index (χ1) is 10.9. The summed E-state index contributed by atoms with van der Waals surface area (Å²) in [4.78, 5) is 16.1. The largest absolute Gasteiger partial charge is 0.341 e. The first-order valence-corrected chi connectivity index (χ1v) is 8.98. The molecule has 1 fully saturated rings. The van der Waals surface area contributed by atoms with Gasteiger partial charge in [0, 0.05) is 49.1 Å². The summed E-state index contributed by atoms with van der Waals surface area (Å²) in [6.07, 6.45) is 9.68. The number of hydrogen-bond donors (Lipinski definition) is 1. The molecular weight excluding hydrogens is 294 g/mol. The van der Waals surface area contributed by atoms with Crippen molar-refractivity contribution in [2.75, 3.05) is 18.0 Å². The van der Waals surface area contributed by atoms with Crippen LogP contribution in [0.3, 0.4) is 0 Å². The van der Waals surface area contributed by atoms with Crippen molar-refractivity contribution in [3.05, 3.63) is 34.0 Å². The van der Waals surface area contributed by atoms with Crippen molar-refractivity contribution in [1.82, 2.24) is 20.3 Å². The minimum Gasteiger partial charge on any atom is -0.341 e. The van der Waals surface area contributed by atoms with E-state index in [0.29, 0.717) is 6.04 Å². The van der Waals surface area contributed by atoms with Gasteiger partial charge in [0.25, 0.3) is 0 Å². The van der Waals surface area contributed by atoms with E-state index in [1.807, 2.05) is 17.8 Å². The van der Waals surface area contributed by atoms with Crippen molar-refractivity contribution in [1.29, 1.82) is 0 Å². The molecule has 5 nitrogen and oxygen atoms in total. The zero-order chi connectivity index (χ0) is 14.8. The maximum Gasteiger partial charge on any atom is 0.225 e. The van der Waals surface area contributed by atoms with Crippen molar-refractivity contribution < 1.29 is 0 Å². The molecule has 22 heavy (non-hydrogen) atoms. The molecule has 1 N–H and O–H groups in total. The molecule has 2 aromatic heterocycles. The van der Waals surface area contributed by atoms with E-state index in [2.05, 4.69) is 20.2 Å². The molecule has 1 aliphatic carbocycles. The highest BCUT2D eigenvalue weighted by Crippen LogP contribution is 2.23. The van der Waals surface area contributed by atoms with Crippen LogP contribution in [0.4, 0.5) is 5.95 Å². The SMILES string of the molecule is c1csc(CN[C@@H]2CCc3nc(N4CCCC4)ncc3C2)n1. The van der Waals surface area contributed by atoms with E-state index >= 15 is 0 Å². The minimum atomic E-state index is 0.512. The molecule has 0 aromatic carbocycles. The molecule has 6 heteroatoms. The molecule has 3 heterocycles. The molecular formula is C16H21N5S. The molecule has 2 aromatic rings. The van der Waals surface area contributed by atoms with Crippen molar-refractivity contribution in [2.24, 2.45) is 0 Å². The smallest absolute Gasteiger partial charge is 0.225 e. The van der Waals surface area contributed by atoms with E-state index in [0.717, 1.165) is 49.9 Å². The van der Waals surface area contributed by atoms with Crippen LogP contribution < -0.4 is 10.2 Å². The second-order valence-corrected chi connectivity index (χ2v) is 7.06. The first kappa shape index (κ1) is 14.1. The normalized spacial score (nSPS) is 21.1. The Hall–Kier alpha value is -1.53. The maximum atomic E-state index is 4.82. The van der Waals surface area contributed by atoms with Crippen molar-refractivity contribution in [3.8, 4) is 0 Å². The van der Waals surface area contributed by atoms with E-state index in [1.165, 1.54) is 24.1 Å². The molecule has 0 radical (unpaired) electrons. The van der Waals surface area contributed by atoms with Crippen LogP contribution in [-0.2, 0) is 19.4 Å². The average molecular weight is 315 g/mol. The molecule has 4 rings (SSSR count). The molecule has 1 saturated heterocycles. The lowest BCUT2D eigenvalue weighted by atomic mass is 9.93. The lowest BCUT2D eigenvalue weighted by Gasteiger charge is -2.25. The van der Waals surface area contributed by atoms with Crippen LogP contribution in [0.5, 0.6) is 0 Å². The van der Waals surface area contributed by atoms with Crippen LogP contribution in [0, 0.1) is 0 Å². The van der Waals surface area contributed by atoms with Gasteiger partial charge in [0.1, 0.15) is 5.01 Å². The Labute approximate surface area is 134 Å². The van der Waals surface area contributed by atoms with Gasteiger partial charge in [-0.05, 0) is 37.7 Å². The van der Waals surface area contributed by atoms with Gasteiger partial charge in [-0.3, -0.25) is 0 Å². The fourth-order valence-electron chi connectivity index (χ4n) is 3.31. The van der Waals surface area contributed by atoms with Gasteiger partial charge in [-0.1, -0.05) is 0 Å². The molecule has 0 bridgehead atoms. The summed E-state index contributed by atoms with van der Waals surface area (Å²) in [6, 6.07) is 0.512. The van der Waals surface area contributed by atoms with Crippen molar-refractivity contribution >= 4 is 17.3 Å². The number of anilines is 1. The Morgan fingerprint density at radius 1 is 1.27 bits per heavy atom. The van der Waals surface area contributed by atoms with Crippen LogP contribution in [0.2, 0.25) is 0 Å². The molecule has 0 spiro atoms. The molecule has 0 unspecified atom stereocenters. The highest BCUT2D eigenvalue weighted by molar-refractivity contribution is 7.09. The third-order valence-corrected chi connectivity index (χ3v) is 5.33. The van der Waals surface area contributed by atoms with Gasteiger partial charge in [0.2, 0.25) is 5.95 Å². The molecule has 1 atom stereocenters. The quantitative estimate of drug-likeness (QED) is 0.937. The van der Waals surface area contributed by atoms with Gasteiger partial charge in [-0.25, -0.2) is 15.0 Å². The Morgan fingerprint density at radius 2 is 2.18 bits per heavy atom. The first-order valence-electron chi connectivity index (χ1n) is 8.10. The Morgan fingerprint density at radius 3 is 3.00 bits per heavy atom. The molecule has 1 aliphatic heterocycles. The zero-order valence-corrected chi connectivity index (χ0v) is 13.5. The third-order valence-electron chi connectivity index (χ3n) is 4.55. The van der Waals surface area contributed by atoms with Crippen LogP contribution >= 0.6 is 11.3 Å². The predicted molar refractivity (Wildman–Crippen MR) is 88.2 cm³/mol. The monoisotopic (exact) mass is 315 g/mol. The molecule has 0 amide bonds. The molecule has 2 aliphatic rings. The minimum absolute atomic E-state index is 0.512. The van der Waals surface area contributed by atoms with Crippen LogP contribution in [0.1, 0.15) is 35.5 Å². The summed E-state index contributed by atoms with van der Waals surface area (Å²) in [7, 11) is 0. The average Bonchev–Trinajstić information content (AvgIpc) is 3.25. The van der Waals surface area contributed by atoms with Gasteiger partial charge >= 0.3 is 0 Å². The Balaban J connectivity index is 1.40. The summed E-state index contributed by atoms with van der Waals surface area (Å²) >= 11 is 1.71. The summed E-state index contributed by atoms with van der Waals surface area (Å²) < 4.78 is 0. The van der Waals surface area contributed by atoms with Gasteiger partial charge in [-0.2, -0.15) is 0 Å². The van der Waals surface area contributed by atoms with Gasteiger partial charge in [-0.15, -0.1) is 11.3 Å². The summed E-state index contributed by atoms with van der Waals surface area (Å²) in [5.74, 6) is 0.936. The standard InChI is InChI=1S/C16H21N5S/c1-2-7-21(6-1)16-19-10-12-9-13(3-4-14(12)20-16)18-11-15-17-5-8-22-15/h5,8,10,13,18H,1-4,6-7,9,11H2/t13-/m1/s1. The van der Waals surface area contributed by atoms with Crippen LogP contribution in [0.15, 0.2) is 17.8 Å². The maximum absolute atomic E-state index is 4.82. The number of hydrogen-bond acceptors (Lipinski definition) is 6. The fraction of sp³-hybridized carbons (Fsp3) is 0.562. The van der Waals surface area contributed by atoms with Gasteiger partial charge in [0.05, 0.1) is 0 Å². The third kappa shape index (κ3) is 2.98. The van der Waals surface area contributed by atoms with E-state index in [4.69, 9.17) is 4.98 Å². The Bertz CT molecular complexity index is 621. The lowest BCUT2D eigenvalue weighted by Crippen LogP contribution is -2.35. The number of nitrogens with one attached hydrogen (secondary N) is 1. The molecule has 0 saturated carbocycles. The Kier molecular flexibility index (Phi) is 4.03. The highest BCUT2D eigenvalue weighted by atomic mass is 32.1. The summed E-state index contributed by atoms with van der Waals surface area (Å²) in [5, 5.41) is 6.80. The van der Waals surface area contributed by atoms with E-state index in [1.54, 1.807) is 11.3 Å². The number of aryl methyl sites for hydroxylation is 1. The highest BCUT2D eigenvalue weighted by Gasteiger charge is 2.22.